The predicted molar refractivity (Wildman–Crippen MR) is 83.4 cm³/mol. The zero-order valence-corrected chi connectivity index (χ0v) is 13.2. The quantitative estimate of drug-likeness (QED) is 0.803. The molecule has 0 aliphatic carbocycles. The van der Waals surface area contributed by atoms with Gasteiger partial charge in [0.15, 0.2) is 5.69 Å². The number of rotatable bonds is 4. The molecule has 3 aromatic heterocycles. The molecule has 120 valence electrons. The van der Waals surface area contributed by atoms with Crippen molar-refractivity contribution >= 4 is 11.6 Å². The molecule has 1 atom stereocenters. The van der Waals surface area contributed by atoms with Crippen LogP contribution in [-0.4, -0.2) is 24.8 Å². The number of hydrogen-bond donors (Lipinski definition) is 1. The van der Waals surface area contributed by atoms with Crippen LogP contribution in [0, 0.1) is 11.9 Å². The van der Waals surface area contributed by atoms with Gasteiger partial charge in [-0.2, -0.15) is 4.39 Å². The van der Waals surface area contributed by atoms with Gasteiger partial charge < -0.3 is 9.88 Å². The molecule has 3 heterocycles. The van der Waals surface area contributed by atoms with Crippen molar-refractivity contribution in [2.24, 2.45) is 13.0 Å². The molecule has 0 bridgehead atoms. The van der Waals surface area contributed by atoms with Crippen molar-refractivity contribution in [2.45, 2.75) is 19.9 Å². The Bertz CT molecular complexity index is 851. The van der Waals surface area contributed by atoms with Crippen LogP contribution >= 0.6 is 0 Å². The maximum atomic E-state index is 14.4. The van der Waals surface area contributed by atoms with E-state index in [2.05, 4.69) is 15.3 Å². The first kappa shape index (κ1) is 15.2. The lowest BCUT2D eigenvalue weighted by molar-refractivity contribution is 0.0913. The maximum absolute atomic E-state index is 14.4. The number of hydrogen-bond acceptors (Lipinski definition) is 3. The second-order valence-electron chi connectivity index (χ2n) is 5.77. The lowest BCUT2D eigenvalue weighted by Gasteiger charge is -2.21. The molecule has 0 aromatic carbocycles. The summed E-state index contributed by atoms with van der Waals surface area (Å²) in [4.78, 5) is 20.8. The molecule has 0 unspecified atom stereocenters. The fourth-order valence-electron chi connectivity index (χ4n) is 2.53. The molecule has 6 nitrogen and oxygen atoms in total. The Balaban J connectivity index is 1.92. The van der Waals surface area contributed by atoms with Gasteiger partial charge in [-0.05, 0) is 18.1 Å². The van der Waals surface area contributed by atoms with Crippen molar-refractivity contribution in [1.29, 1.82) is 0 Å². The highest BCUT2D eigenvalue weighted by Crippen LogP contribution is 2.21. The van der Waals surface area contributed by atoms with Crippen LogP contribution in [0.25, 0.3) is 5.65 Å². The molecule has 0 aliphatic heterocycles. The molecule has 1 N–H and O–H groups in total. The average molecular weight is 315 g/mol. The van der Waals surface area contributed by atoms with Crippen molar-refractivity contribution in [3.63, 3.8) is 0 Å². The van der Waals surface area contributed by atoms with E-state index < -0.39 is 11.9 Å². The Morgan fingerprint density at radius 2 is 2.09 bits per heavy atom. The molecule has 0 fully saturated rings. The smallest absolute Gasteiger partial charge is 0.275 e. The van der Waals surface area contributed by atoms with E-state index in [1.807, 2.05) is 31.7 Å². The first-order valence-corrected chi connectivity index (χ1v) is 7.39. The predicted octanol–water partition coefficient (Wildman–Crippen LogP) is 2.33. The number of pyridine rings is 1. The van der Waals surface area contributed by atoms with Crippen LogP contribution < -0.4 is 5.32 Å². The van der Waals surface area contributed by atoms with Gasteiger partial charge in [0.05, 0.1) is 6.04 Å². The van der Waals surface area contributed by atoms with E-state index in [1.165, 1.54) is 10.6 Å². The second kappa shape index (κ2) is 5.83. The normalized spacial score (nSPS) is 12.7. The molecule has 3 rings (SSSR count). The van der Waals surface area contributed by atoms with Gasteiger partial charge in [0.1, 0.15) is 11.5 Å². The molecule has 0 saturated heterocycles. The summed E-state index contributed by atoms with van der Waals surface area (Å²) in [6.45, 7) is 3.94. The van der Waals surface area contributed by atoms with Crippen LogP contribution in [0.4, 0.5) is 4.39 Å². The van der Waals surface area contributed by atoms with Crippen molar-refractivity contribution in [3.8, 4) is 0 Å². The van der Waals surface area contributed by atoms with Gasteiger partial charge in [-0.15, -0.1) is 0 Å². The number of aryl methyl sites for hydroxylation is 1. The van der Waals surface area contributed by atoms with Crippen LogP contribution in [0.15, 0.2) is 36.8 Å². The molecular weight excluding hydrogens is 297 g/mol. The zero-order valence-electron chi connectivity index (χ0n) is 13.2. The summed E-state index contributed by atoms with van der Waals surface area (Å²) in [7, 11) is 1.86. The Kier molecular flexibility index (Phi) is 3.85. The molecule has 23 heavy (non-hydrogen) atoms. The van der Waals surface area contributed by atoms with Crippen LogP contribution in [0.3, 0.4) is 0 Å². The molecule has 7 heteroatoms. The number of nitrogens with one attached hydrogen (secondary N) is 1. The summed E-state index contributed by atoms with van der Waals surface area (Å²) in [5, 5.41) is 2.84. The van der Waals surface area contributed by atoms with Gasteiger partial charge >= 0.3 is 0 Å². The number of aromatic nitrogens is 4. The van der Waals surface area contributed by atoms with Crippen molar-refractivity contribution in [3.05, 3.63) is 54.3 Å². The number of amides is 1. The van der Waals surface area contributed by atoms with E-state index in [-0.39, 0.29) is 17.7 Å². The summed E-state index contributed by atoms with van der Waals surface area (Å²) < 4.78 is 17.5. The lowest BCUT2D eigenvalue weighted by Crippen LogP contribution is -2.34. The molecule has 3 aromatic rings. The third-order valence-electron chi connectivity index (χ3n) is 3.78. The van der Waals surface area contributed by atoms with E-state index in [0.29, 0.717) is 5.65 Å². The largest absolute Gasteiger partial charge is 0.340 e. The first-order valence-electron chi connectivity index (χ1n) is 7.39. The Labute approximate surface area is 133 Å². The summed E-state index contributed by atoms with van der Waals surface area (Å²) >= 11 is 0. The Morgan fingerprint density at radius 1 is 1.30 bits per heavy atom. The Hall–Kier alpha value is -2.70. The topological polar surface area (TPSA) is 64.2 Å². The average Bonchev–Trinajstić information content (AvgIpc) is 3.09. The number of nitrogens with zero attached hydrogens (tertiary/aromatic N) is 4. The van der Waals surface area contributed by atoms with Gasteiger partial charge in [-0.3, -0.25) is 9.20 Å². The van der Waals surface area contributed by atoms with Gasteiger partial charge in [0.25, 0.3) is 5.91 Å². The minimum Gasteiger partial charge on any atom is -0.340 e. The number of carbonyl (C=O) groups excluding carboxylic acids is 1. The fourth-order valence-corrected chi connectivity index (χ4v) is 2.53. The summed E-state index contributed by atoms with van der Waals surface area (Å²) in [6, 6.07) is 4.75. The zero-order chi connectivity index (χ0) is 16.6. The van der Waals surface area contributed by atoms with E-state index in [1.54, 1.807) is 24.4 Å². The number of carbonyl (C=O) groups is 1. The second-order valence-corrected chi connectivity index (χ2v) is 5.77. The van der Waals surface area contributed by atoms with Gasteiger partial charge in [0.2, 0.25) is 5.95 Å². The third kappa shape index (κ3) is 2.69. The van der Waals surface area contributed by atoms with Crippen molar-refractivity contribution in [1.82, 2.24) is 24.3 Å². The molecule has 0 aliphatic rings. The minimum atomic E-state index is -0.666. The standard InChI is InChI=1S/C16H18FN5O/c1-10(2)12(15-18-7-9-21(15)3)20-16(23)13-14(17)22-8-5-4-6-11(22)19-13/h4-10,12H,1-3H3,(H,20,23)/t12-/m0/s1. The number of halogens is 1. The van der Waals surface area contributed by atoms with E-state index in [4.69, 9.17) is 0 Å². The minimum absolute atomic E-state index is 0.0974. The summed E-state index contributed by atoms with van der Waals surface area (Å²) in [5.41, 5.74) is 0.185. The first-order chi connectivity index (χ1) is 11.0. The number of imidazole rings is 2. The summed E-state index contributed by atoms with van der Waals surface area (Å²) in [5.74, 6) is -0.397. The Morgan fingerprint density at radius 3 is 2.70 bits per heavy atom. The fraction of sp³-hybridized carbons (Fsp3) is 0.312. The molecule has 0 radical (unpaired) electrons. The molecule has 0 spiro atoms. The highest BCUT2D eigenvalue weighted by molar-refractivity contribution is 5.93. The highest BCUT2D eigenvalue weighted by atomic mass is 19.1. The summed E-state index contributed by atoms with van der Waals surface area (Å²) in [6.07, 6.45) is 5.01. The SMILES string of the molecule is CC(C)[C@H](NC(=O)c1nc2ccccn2c1F)c1nccn1C. The maximum Gasteiger partial charge on any atom is 0.275 e. The van der Waals surface area contributed by atoms with E-state index in [9.17, 15) is 9.18 Å². The third-order valence-corrected chi connectivity index (χ3v) is 3.78. The van der Waals surface area contributed by atoms with Gasteiger partial charge in [-0.1, -0.05) is 19.9 Å². The highest BCUT2D eigenvalue weighted by Gasteiger charge is 2.26. The van der Waals surface area contributed by atoms with E-state index >= 15 is 0 Å². The van der Waals surface area contributed by atoms with Gasteiger partial charge in [-0.25, -0.2) is 9.97 Å². The number of fused-ring (bicyclic) bond motifs is 1. The van der Waals surface area contributed by atoms with Crippen LogP contribution in [0.1, 0.15) is 36.2 Å². The van der Waals surface area contributed by atoms with Crippen molar-refractivity contribution < 1.29 is 9.18 Å². The van der Waals surface area contributed by atoms with Crippen LogP contribution in [0.2, 0.25) is 0 Å². The molecule has 1 amide bonds. The van der Waals surface area contributed by atoms with Gasteiger partial charge in [0, 0.05) is 25.6 Å². The molecular formula is C16H18FN5O. The van der Waals surface area contributed by atoms with E-state index in [0.717, 1.165) is 5.82 Å². The van der Waals surface area contributed by atoms with Crippen LogP contribution in [0.5, 0.6) is 0 Å². The lowest BCUT2D eigenvalue weighted by atomic mass is 10.0. The van der Waals surface area contributed by atoms with Crippen molar-refractivity contribution in [2.75, 3.05) is 0 Å². The molecule has 0 saturated carbocycles. The van der Waals surface area contributed by atoms with Crippen LogP contribution in [-0.2, 0) is 7.05 Å². The monoisotopic (exact) mass is 315 g/mol.